The molecule has 0 aliphatic carbocycles. The zero-order valence-corrected chi connectivity index (χ0v) is 15.5. The Morgan fingerprint density at radius 2 is 2.00 bits per heavy atom. The Morgan fingerprint density at radius 1 is 1.12 bits per heavy atom. The van der Waals surface area contributed by atoms with Crippen molar-refractivity contribution >= 4 is 5.69 Å². The van der Waals surface area contributed by atoms with Crippen LogP contribution in [0, 0.1) is 0 Å². The first-order chi connectivity index (χ1) is 12.2. The van der Waals surface area contributed by atoms with Crippen molar-refractivity contribution in [1.82, 2.24) is 5.32 Å². The van der Waals surface area contributed by atoms with Crippen LogP contribution < -0.4 is 15.0 Å². The number of para-hydroxylation sites is 1. The van der Waals surface area contributed by atoms with Gasteiger partial charge in [-0.2, -0.15) is 0 Å². The van der Waals surface area contributed by atoms with Crippen LogP contribution in [0.5, 0.6) is 5.75 Å². The Bertz CT molecular complexity index is 769. The molecule has 2 heterocycles. The number of ether oxygens (including phenoxy) is 1. The van der Waals surface area contributed by atoms with Gasteiger partial charge in [0.25, 0.3) is 0 Å². The first-order valence-electron chi connectivity index (χ1n) is 9.46. The van der Waals surface area contributed by atoms with Crippen molar-refractivity contribution in [2.75, 3.05) is 31.6 Å². The molecule has 2 aromatic rings. The van der Waals surface area contributed by atoms with E-state index in [1.807, 2.05) is 0 Å². The maximum absolute atomic E-state index is 5.78. The minimum absolute atomic E-state index is 0.505. The second kappa shape index (κ2) is 6.72. The van der Waals surface area contributed by atoms with E-state index in [1.54, 1.807) is 7.11 Å². The van der Waals surface area contributed by atoms with Crippen LogP contribution in [-0.4, -0.2) is 32.8 Å². The Kier molecular flexibility index (Phi) is 4.43. The highest BCUT2D eigenvalue weighted by molar-refractivity contribution is 5.86. The normalized spacial score (nSPS) is 19.5. The minimum Gasteiger partial charge on any atom is -0.496 e. The van der Waals surface area contributed by atoms with Crippen molar-refractivity contribution in [1.29, 1.82) is 0 Å². The second-order valence-electron chi connectivity index (χ2n) is 7.52. The van der Waals surface area contributed by atoms with Gasteiger partial charge in [-0.3, -0.25) is 0 Å². The van der Waals surface area contributed by atoms with Gasteiger partial charge in [0.2, 0.25) is 0 Å². The van der Waals surface area contributed by atoms with Crippen LogP contribution in [-0.2, 0) is 6.42 Å². The van der Waals surface area contributed by atoms with Crippen molar-refractivity contribution in [3.05, 3.63) is 47.5 Å². The number of methoxy groups -OCH3 is 1. The molecule has 1 saturated heterocycles. The molecule has 1 unspecified atom stereocenters. The Morgan fingerprint density at radius 3 is 2.80 bits per heavy atom. The molecular formula is C22H28N2O. The summed E-state index contributed by atoms with van der Waals surface area (Å²) in [5.41, 5.74) is 6.76. The zero-order chi connectivity index (χ0) is 17.4. The van der Waals surface area contributed by atoms with Gasteiger partial charge in [0, 0.05) is 35.9 Å². The van der Waals surface area contributed by atoms with E-state index in [0.717, 1.165) is 31.8 Å². The summed E-state index contributed by atoms with van der Waals surface area (Å²) in [5.74, 6) is 1.49. The highest BCUT2D eigenvalue weighted by Gasteiger charge is 2.32. The average Bonchev–Trinajstić information content (AvgIpc) is 2.82. The molecule has 0 bridgehead atoms. The number of anilines is 1. The number of benzene rings is 2. The molecule has 1 fully saturated rings. The van der Waals surface area contributed by atoms with Gasteiger partial charge >= 0.3 is 0 Å². The van der Waals surface area contributed by atoms with Crippen LogP contribution in [0.3, 0.4) is 0 Å². The molecule has 0 aromatic heterocycles. The molecule has 132 valence electrons. The zero-order valence-electron chi connectivity index (χ0n) is 15.5. The quantitative estimate of drug-likeness (QED) is 0.909. The summed E-state index contributed by atoms with van der Waals surface area (Å²) < 4.78 is 5.78. The molecule has 0 radical (unpaired) electrons. The number of nitrogens with one attached hydrogen (secondary N) is 1. The van der Waals surface area contributed by atoms with Crippen molar-refractivity contribution in [2.45, 2.75) is 38.6 Å². The number of hydrogen-bond acceptors (Lipinski definition) is 3. The predicted molar refractivity (Wildman–Crippen MR) is 105 cm³/mol. The summed E-state index contributed by atoms with van der Waals surface area (Å²) in [7, 11) is 1.78. The Hall–Kier alpha value is -2.00. The van der Waals surface area contributed by atoms with Crippen LogP contribution in [0.4, 0.5) is 5.69 Å². The first kappa shape index (κ1) is 16.5. The van der Waals surface area contributed by atoms with Crippen LogP contribution in [0.25, 0.3) is 11.1 Å². The molecule has 1 atom stereocenters. The van der Waals surface area contributed by atoms with E-state index >= 15 is 0 Å². The molecule has 3 heteroatoms. The molecule has 0 amide bonds. The molecule has 2 aromatic carbocycles. The van der Waals surface area contributed by atoms with Gasteiger partial charge in [0.1, 0.15) is 5.75 Å². The monoisotopic (exact) mass is 336 g/mol. The van der Waals surface area contributed by atoms with Crippen molar-refractivity contribution < 1.29 is 4.74 Å². The van der Waals surface area contributed by atoms with Gasteiger partial charge in [-0.15, -0.1) is 0 Å². The topological polar surface area (TPSA) is 24.5 Å². The third-order valence-corrected chi connectivity index (χ3v) is 5.67. The average molecular weight is 336 g/mol. The molecule has 1 N–H and O–H groups in total. The number of fused-ring (bicyclic) bond motifs is 3. The standard InChI is InChI=1S/C22H28N2O/c1-15(2)16-7-8-19(21(14-16)25-3)20-6-4-5-17-13-18-9-10-23-11-12-24(18)22(17)20/h4-8,14-15,18,23H,9-13H2,1-3H3. The summed E-state index contributed by atoms with van der Waals surface area (Å²) in [5, 5.41) is 3.54. The van der Waals surface area contributed by atoms with E-state index in [4.69, 9.17) is 4.74 Å². The van der Waals surface area contributed by atoms with E-state index in [1.165, 1.54) is 34.4 Å². The third kappa shape index (κ3) is 2.91. The van der Waals surface area contributed by atoms with Gasteiger partial charge < -0.3 is 15.0 Å². The lowest BCUT2D eigenvalue weighted by Crippen LogP contribution is -2.33. The van der Waals surface area contributed by atoms with E-state index in [0.29, 0.717) is 12.0 Å². The van der Waals surface area contributed by atoms with Gasteiger partial charge in [0.15, 0.2) is 0 Å². The number of nitrogens with zero attached hydrogens (tertiary/aromatic N) is 1. The third-order valence-electron chi connectivity index (χ3n) is 5.67. The van der Waals surface area contributed by atoms with Gasteiger partial charge in [0.05, 0.1) is 7.11 Å². The Balaban J connectivity index is 1.82. The summed E-state index contributed by atoms with van der Waals surface area (Å²) in [6, 6.07) is 14.1. The van der Waals surface area contributed by atoms with E-state index in [9.17, 15) is 0 Å². The highest BCUT2D eigenvalue weighted by atomic mass is 16.5. The molecule has 0 saturated carbocycles. The summed E-state index contributed by atoms with van der Waals surface area (Å²) in [6.45, 7) is 7.72. The molecular weight excluding hydrogens is 308 g/mol. The van der Waals surface area contributed by atoms with Crippen molar-refractivity contribution in [3.63, 3.8) is 0 Å². The highest BCUT2D eigenvalue weighted by Crippen LogP contribution is 2.44. The van der Waals surface area contributed by atoms with Gasteiger partial charge in [-0.25, -0.2) is 0 Å². The largest absolute Gasteiger partial charge is 0.496 e. The Labute approximate surface area is 151 Å². The molecule has 2 aliphatic heterocycles. The van der Waals surface area contributed by atoms with Crippen molar-refractivity contribution in [3.8, 4) is 16.9 Å². The minimum atomic E-state index is 0.505. The fraction of sp³-hybridized carbons (Fsp3) is 0.455. The maximum Gasteiger partial charge on any atom is 0.127 e. The lowest BCUT2D eigenvalue weighted by molar-refractivity contribution is 0.415. The molecule has 25 heavy (non-hydrogen) atoms. The van der Waals surface area contributed by atoms with Crippen LogP contribution in [0.2, 0.25) is 0 Å². The first-order valence-corrected chi connectivity index (χ1v) is 9.46. The molecule has 3 nitrogen and oxygen atoms in total. The SMILES string of the molecule is COc1cc(C(C)C)ccc1-c1cccc2c1N1CCNCCC1C2. The lowest BCUT2D eigenvalue weighted by atomic mass is 9.95. The van der Waals surface area contributed by atoms with E-state index in [2.05, 4.69) is 60.5 Å². The fourth-order valence-corrected chi connectivity index (χ4v) is 4.29. The fourth-order valence-electron chi connectivity index (χ4n) is 4.29. The van der Waals surface area contributed by atoms with E-state index < -0.39 is 0 Å². The molecule has 0 spiro atoms. The summed E-state index contributed by atoms with van der Waals surface area (Å²) >= 11 is 0. The van der Waals surface area contributed by atoms with Crippen LogP contribution in [0.1, 0.15) is 37.3 Å². The van der Waals surface area contributed by atoms with E-state index in [-0.39, 0.29) is 0 Å². The van der Waals surface area contributed by atoms with Crippen molar-refractivity contribution in [2.24, 2.45) is 0 Å². The summed E-state index contributed by atoms with van der Waals surface area (Å²) in [4.78, 5) is 2.63. The number of rotatable bonds is 3. The number of hydrogen-bond donors (Lipinski definition) is 1. The smallest absolute Gasteiger partial charge is 0.127 e. The molecule has 4 rings (SSSR count). The van der Waals surface area contributed by atoms with Gasteiger partial charge in [-0.05, 0) is 42.5 Å². The van der Waals surface area contributed by atoms with Crippen LogP contribution in [0.15, 0.2) is 36.4 Å². The summed E-state index contributed by atoms with van der Waals surface area (Å²) in [6.07, 6.45) is 2.38. The second-order valence-corrected chi connectivity index (χ2v) is 7.52. The van der Waals surface area contributed by atoms with Crippen LogP contribution >= 0.6 is 0 Å². The molecule has 2 aliphatic rings. The predicted octanol–water partition coefficient (Wildman–Crippen LogP) is 4.21. The van der Waals surface area contributed by atoms with Gasteiger partial charge in [-0.1, -0.05) is 44.2 Å². The maximum atomic E-state index is 5.78. The lowest BCUT2D eigenvalue weighted by Gasteiger charge is -2.27.